The van der Waals surface area contributed by atoms with Crippen LogP contribution < -0.4 is 14.2 Å². The minimum absolute atomic E-state index is 0.236. The van der Waals surface area contributed by atoms with E-state index in [0.717, 1.165) is 11.1 Å². The molecule has 3 aromatic carbocycles. The Morgan fingerprint density at radius 2 is 1.29 bits per heavy atom. The normalized spacial score (nSPS) is 12.4. The summed E-state index contributed by atoms with van der Waals surface area (Å²) in [6.45, 7) is 0.236. The molecule has 0 spiro atoms. The Hall–Kier alpha value is -3.03. The van der Waals surface area contributed by atoms with Gasteiger partial charge in [-0.1, -0.05) is 48.5 Å². The lowest BCUT2D eigenvalue weighted by Crippen LogP contribution is -2.31. The van der Waals surface area contributed by atoms with E-state index in [4.69, 9.17) is 14.2 Å². The van der Waals surface area contributed by atoms with Crippen molar-refractivity contribution in [1.29, 1.82) is 0 Å². The number of sulfonamides is 1. The van der Waals surface area contributed by atoms with Crippen molar-refractivity contribution < 1.29 is 22.6 Å². The lowest BCUT2D eigenvalue weighted by atomic mass is 9.90. The third-order valence-corrected chi connectivity index (χ3v) is 7.02. The van der Waals surface area contributed by atoms with Crippen molar-refractivity contribution >= 4 is 10.0 Å². The smallest absolute Gasteiger partial charge is 0.242 e. The van der Waals surface area contributed by atoms with Crippen molar-refractivity contribution in [3.63, 3.8) is 0 Å². The molecule has 31 heavy (non-hydrogen) atoms. The van der Waals surface area contributed by atoms with Crippen LogP contribution >= 0.6 is 0 Å². The first-order chi connectivity index (χ1) is 14.9. The number of methoxy groups -OCH3 is 3. The maximum Gasteiger partial charge on any atom is 0.242 e. The van der Waals surface area contributed by atoms with E-state index in [9.17, 15) is 8.42 Å². The van der Waals surface area contributed by atoms with Crippen molar-refractivity contribution in [2.24, 2.45) is 0 Å². The van der Waals surface area contributed by atoms with Gasteiger partial charge >= 0.3 is 0 Å². The molecule has 164 valence electrons. The second-order valence-corrected chi connectivity index (χ2v) is 9.07. The summed E-state index contributed by atoms with van der Waals surface area (Å²) in [5.74, 6) is 1.28. The quantitative estimate of drug-likeness (QED) is 0.499. The maximum absolute atomic E-state index is 13.1. The van der Waals surface area contributed by atoms with E-state index in [1.807, 2.05) is 42.5 Å². The van der Waals surface area contributed by atoms with Gasteiger partial charge in [-0.25, -0.2) is 8.42 Å². The van der Waals surface area contributed by atoms with Crippen molar-refractivity contribution in [2.45, 2.75) is 10.8 Å². The molecule has 0 aliphatic heterocycles. The van der Waals surface area contributed by atoms with Gasteiger partial charge in [0.2, 0.25) is 15.8 Å². The SMILES string of the molecule is COc1cc([C@@H](CN(C)S(=O)(=O)c2ccccc2)c2ccccc2)cc(OC)c1OC. The van der Waals surface area contributed by atoms with Crippen molar-refractivity contribution in [1.82, 2.24) is 4.31 Å². The third-order valence-electron chi connectivity index (χ3n) is 5.18. The fourth-order valence-corrected chi connectivity index (χ4v) is 4.73. The molecule has 1 atom stereocenters. The van der Waals surface area contributed by atoms with Crippen LogP contribution in [0.1, 0.15) is 17.0 Å². The molecule has 3 aromatic rings. The maximum atomic E-state index is 13.1. The van der Waals surface area contributed by atoms with Crippen LogP contribution in [0.25, 0.3) is 0 Å². The summed E-state index contributed by atoms with van der Waals surface area (Å²) in [4.78, 5) is 0.259. The Morgan fingerprint density at radius 1 is 0.774 bits per heavy atom. The second kappa shape index (κ2) is 9.85. The van der Waals surface area contributed by atoms with Crippen molar-refractivity contribution in [3.8, 4) is 17.2 Å². The number of hydrogen-bond acceptors (Lipinski definition) is 5. The van der Waals surface area contributed by atoms with E-state index in [0.29, 0.717) is 17.2 Å². The summed E-state index contributed by atoms with van der Waals surface area (Å²) in [6, 6.07) is 21.9. The number of rotatable bonds is 9. The van der Waals surface area contributed by atoms with Gasteiger partial charge in [0.05, 0.1) is 26.2 Å². The highest BCUT2D eigenvalue weighted by atomic mass is 32.2. The van der Waals surface area contributed by atoms with Crippen molar-refractivity contribution in [2.75, 3.05) is 34.9 Å². The summed E-state index contributed by atoms with van der Waals surface area (Å²) >= 11 is 0. The largest absolute Gasteiger partial charge is 0.493 e. The van der Waals surface area contributed by atoms with E-state index < -0.39 is 10.0 Å². The zero-order valence-corrected chi connectivity index (χ0v) is 18.9. The molecule has 7 heteroatoms. The summed E-state index contributed by atoms with van der Waals surface area (Å²) in [7, 11) is 2.62. The Bertz CT molecular complexity index is 1080. The van der Waals surface area contributed by atoms with Crippen LogP contribution in [0.5, 0.6) is 17.2 Å². The van der Waals surface area contributed by atoms with E-state index >= 15 is 0 Å². The van der Waals surface area contributed by atoms with E-state index in [1.165, 1.54) is 4.31 Å². The molecule has 0 aromatic heterocycles. The molecule has 0 heterocycles. The van der Waals surface area contributed by atoms with Crippen LogP contribution in [0, 0.1) is 0 Å². The average molecular weight is 442 g/mol. The van der Waals surface area contributed by atoms with Gasteiger partial charge in [0, 0.05) is 19.5 Å². The molecule has 0 saturated heterocycles. The summed E-state index contributed by atoms with van der Waals surface area (Å²) in [5.41, 5.74) is 1.84. The zero-order valence-electron chi connectivity index (χ0n) is 18.1. The standard InChI is InChI=1S/C24H27NO5S/c1-25(31(26,27)20-13-9-6-10-14-20)17-21(18-11-7-5-8-12-18)19-15-22(28-2)24(30-4)23(16-19)29-3/h5-16,21H,17H2,1-4H3/t21-/m0/s1. The highest BCUT2D eigenvalue weighted by Crippen LogP contribution is 2.41. The minimum atomic E-state index is -3.65. The minimum Gasteiger partial charge on any atom is -0.493 e. The van der Waals surface area contributed by atoms with Crippen LogP contribution in [0.15, 0.2) is 77.7 Å². The van der Waals surface area contributed by atoms with Gasteiger partial charge in [-0.2, -0.15) is 4.31 Å². The fraction of sp³-hybridized carbons (Fsp3) is 0.250. The molecule has 0 amide bonds. The molecule has 0 unspecified atom stereocenters. The molecule has 0 radical (unpaired) electrons. The zero-order chi connectivity index (χ0) is 22.4. The first kappa shape index (κ1) is 22.7. The average Bonchev–Trinajstić information content (AvgIpc) is 2.82. The molecule has 6 nitrogen and oxygen atoms in total. The summed E-state index contributed by atoms with van der Waals surface area (Å²) < 4.78 is 44.1. The van der Waals surface area contributed by atoms with Crippen LogP contribution in [0.3, 0.4) is 0 Å². The molecule has 3 rings (SSSR count). The lowest BCUT2D eigenvalue weighted by Gasteiger charge is -2.26. The fourth-order valence-electron chi connectivity index (χ4n) is 3.52. The van der Waals surface area contributed by atoms with Crippen molar-refractivity contribution in [3.05, 3.63) is 83.9 Å². The molecule has 0 saturated carbocycles. The molecule has 0 aliphatic carbocycles. The highest BCUT2D eigenvalue weighted by Gasteiger charge is 2.27. The van der Waals surface area contributed by atoms with Gasteiger partial charge in [-0.15, -0.1) is 0 Å². The Balaban J connectivity index is 2.07. The van der Waals surface area contributed by atoms with Crippen LogP contribution in [0.4, 0.5) is 0 Å². The summed E-state index contributed by atoms with van der Waals surface area (Å²) in [5, 5.41) is 0. The molecule has 0 bridgehead atoms. The number of benzene rings is 3. The Morgan fingerprint density at radius 3 is 1.77 bits per heavy atom. The first-order valence-electron chi connectivity index (χ1n) is 9.78. The Labute approximate surface area is 184 Å². The van der Waals surface area contributed by atoms with E-state index in [-0.39, 0.29) is 17.4 Å². The third kappa shape index (κ3) is 4.84. The second-order valence-electron chi connectivity index (χ2n) is 7.02. The number of nitrogens with zero attached hydrogens (tertiary/aromatic N) is 1. The van der Waals surface area contributed by atoms with Gasteiger partial charge < -0.3 is 14.2 Å². The van der Waals surface area contributed by atoms with Crippen LogP contribution in [0.2, 0.25) is 0 Å². The van der Waals surface area contributed by atoms with Gasteiger partial charge in [0.1, 0.15) is 0 Å². The molecular formula is C24H27NO5S. The van der Waals surface area contributed by atoms with Gasteiger partial charge in [0.15, 0.2) is 11.5 Å². The topological polar surface area (TPSA) is 65.1 Å². The number of ether oxygens (including phenoxy) is 3. The number of likely N-dealkylation sites (N-methyl/N-ethyl adjacent to an activating group) is 1. The van der Waals surface area contributed by atoms with Gasteiger partial charge in [-0.05, 0) is 35.4 Å². The first-order valence-corrected chi connectivity index (χ1v) is 11.2. The van der Waals surface area contributed by atoms with Gasteiger partial charge in [0.25, 0.3) is 0 Å². The highest BCUT2D eigenvalue weighted by molar-refractivity contribution is 7.89. The molecule has 0 fully saturated rings. The van der Waals surface area contributed by atoms with E-state index in [1.54, 1.807) is 58.7 Å². The monoisotopic (exact) mass is 441 g/mol. The predicted octanol–water partition coefficient (Wildman–Crippen LogP) is 4.17. The molecular weight excluding hydrogens is 414 g/mol. The van der Waals surface area contributed by atoms with Gasteiger partial charge in [-0.3, -0.25) is 0 Å². The molecule has 0 N–H and O–H groups in total. The molecule has 0 aliphatic rings. The Kier molecular flexibility index (Phi) is 7.20. The number of hydrogen-bond donors (Lipinski definition) is 0. The van der Waals surface area contributed by atoms with Crippen LogP contribution in [-0.2, 0) is 10.0 Å². The lowest BCUT2D eigenvalue weighted by molar-refractivity contribution is 0.323. The predicted molar refractivity (Wildman–Crippen MR) is 121 cm³/mol. The van der Waals surface area contributed by atoms with E-state index in [2.05, 4.69) is 0 Å². The summed E-state index contributed by atoms with van der Waals surface area (Å²) in [6.07, 6.45) is 0. The van der Waals surface area contributed by atoms with Crippen LogP contribution in [-0.4, -0.2) is 47.6 Å².